The van der Waals surface area contributed by atoms with Gasteiger partial charge < -0.3 is 11.1 Å². The lowest BCUT2D eigenvalue weighted by Crippen LogP contribution is -2.24. The number of amides is 1. The van der Waals surface area contributed by atoms with E-state index in [1.54, 1.807) is 6.07 Å². The zero-order chi connectivity index (χ0) is 12.7. The average molecular weight is 252 g/mol. The van der Waals surface area contributed by atoms with Gasteiger partial charge in [0.2, 0.25) is 5.91 Å². The number of rotatable bonds is 7. The first-order valence-corrected chi connectivity index (χ1v) is 7.12. The van der Waals surface area contributed by atoms with Crippen LogP contribution >= 0.6 is 11.8 Å². The Morgan fingerprint density at radius 3 is 2.82 bits per heavy atom. The van der Waals surface area contributed by atoms with Gasteiger partial charge in [0.25, 0.3) is 0 Å². The molecule has 0 saturated heterocycles. The summed E-state index contributed by atoms with van der Waals surface area (Å²) in [5, 5.41) is 3.36. The van der Waals surface area contributed by atoms with Crippen molar-refractivity contribution in [2.75, 3.05) is 18.6 Å². The van der Waals surface area contributed by atoms with Crippen molar-refractivity contribution in [2.45, 2.75) is 13.5 Å². The summed E-state index contributed by atoms with van der Waals surface area (Å²) in [5.74, 6) is 1.41. The van der Waals surface area contributed by atoms with E-state index in [2.05, 4.69) is 18.5 Å². The van der Waals surface area contributed by atoms with Crippen LogP contribution < -0.4 is 11.1 Å². The molecule has 0 aliphatic carbocycles. The Morgan fingerprint density at radius 2 is 2.18 bits per heavy atom. The molecule has 0 aliphatic rings. The molecule has 0 spiro atoms. The number of hydrogen-bond donors (Lipinski definition) is 2. The molecule has 94 valence electrons. The zero-order valence-electron chi connectivity index (χ0n) is 10.4. The highest BCUT2D eigenvalue weighted by Crippen LogP contribution is 2.08. The molecule has 1 aromatic carbocycles. The van der Waals surface area contributed by atoms with Gasteiger partial charge in [0.1, 0.15) is 0 Å². The molecule has 1 unspecified atom stereocenters. The van der Waals surface area contributed by atoms with E-state index in [4.69, 9.17) is 5.73 Å². The van der Waals surface area contributed by atoms with Gasteiger partial charge in [-0.25, -0.2) is 0 Å². The molecule has 0 aliphatic heterocycles. The van der Waals surface area contributed by atoms with Crippen LogP contribution in [0.5, 0.6) is 0 Å². The molecule has 0 heterocycles. The monoisotopic (exact) mass is 252 g/mol. The van der Waals surface area contributed by atoms with Crippen LogP contribution in [0, 0.1) is 5.92 Å². The first kappa shape index (κ1) is 14.1. The molecular formula is C13H20N2OS. The van der Waals surface area contributed by atoms with Gasteiger partial charge in [-0.3, -0.25) is 4.79 Å². The number of nitrogens with one attached hydrogen (secondary N) is 1. The predicted molar refractivity (Wildman–Crippen MR) is 74.2 cm³/mol. The first-order valence-electron chi connectivity index (χ1n) is 5.72. The van der Waals surface area contributed by atoms with E-state index in [0.29, 0.717) is 18.0 Å². The Morgan fingerprint density at radius 1 is 1.47 bits per heavy atom. The molecule has 0 bridgehead atoms. The van der Waals surface area contributed by atoms with E-state index in [0.717, 1.165) is 17.9 Å². The first-order chi connectivity index (χ1) is 8.15. The summed E-state index contributed by atoms with van der Waals surface area (Å²) in [6.45, 7) is 3.86. The van der Waals surface area contributed by atoms with Crippen molar-refractivity contribution < 1.29 is 4.79 Å². The van der Waals surface area contributed by atoms with Crippen molar-refractivity contribution in [1.82, 2.24) is 5.32 Å². The van der Waals surface area contributed by atoms with Crippen molar-refractivity contribution >= 4 is 17.7 Å². The lowest BCUT2D eigenvalue weighted by atomic mass is 10.1. The number of benzene rings is 1. The van der Waals surface area contributed by atoms with Gasteiger partial charge in [0, 0.05) is 12.1 Å². The number of thioether (sulfide) groups is 1. The second kappa shape index (κ2) is 7.35. The predicted octanol–water partition coefficient (Wildman–Crippen LogP) is 1.87. The SMILES string of the molecule is CSCC(C)CNCc1ccccc1C(N)=O. The Labute approximate surface area is 107 Å². The molecule has 1 amide bonds. The van der Waals surface area contributed by atoms with Crippen LogP contribution in [0.15, 0.2) is 24.3 Å². The maximum atomic E-state index is 11.2. The summed E-state index contributed by atoms with van der Waals surface area (Å²) in [5.41, 5.74) is 6.90. The fraction of sp³-hybridized carbons (Fsp3) is 0.462. The molecule has 1 atom stereocenters. The Hall–Kier alpha value is -1.00. The van der Waals surface area contributed by atoms with E-state index in [9.17, 15) is 4.79 Å². The van der Waals surface area contributed by atoms with Crippen LogP contribution in [-0.4, -0.2) is 24.5 Å². The number of hydrogen-bond acceptors (Lipinski definition) is 3. The standard InChI is InChI=1S/C13H20N2OS/c1-10(9-17-2)7-15-8-11-5-3-4-6-12(11)13(14)16/h3-6,10,15H,7-9H2,1-2H3,(H2,14,16). The van der Waals surface area contributed by atoms with Crippen molar-refractivity contribution in [3.63, 3.8) is 0 Å². The second-order valence-electron chi connectivity index (χ2n) is 4.21. The molecule has 0 saturated carbocycles. The number of carbonyl (C=O) groups is 1. The van der Waals surface area contributed by atoms with E-state index in [-0.39, 0.29) is 5.91 Å². The van der Waals surface area contributed by atoms with Crippen molar-refractivity contribution in [3.8, 4) is 0 Å². The third-order valence-corrected chi connectivity index (χ3v) is 3.44. The van der Waals surface area contributed by atoms with Gasteiger partial charge in [0.15, 0.2) is 0 Å². The van der Waals surface area contributed by atoms with Crippen molar-refractivity contribution in [3.05, 3.63) is 35.4 Å². The lowest BCUT2D eigenvalue weighted by Gasteiger charge is -2.12. The summed E-state index contributed by atoms with van der Waals surface area (Å²) >= 11 is 1.85. The highest BCUT2D eigenvalue weighted by Gasteiger charge is 2.07. The molecule has 1 rings (SSSR count). The topological polar surface area (TPSA) is 55.1 Å². The van der Waals surface area contributed by atoms with Crippen LogP contribution in [0.1, 0.15) is 22.8 Å². The summed E-state index contributed by atoms with van der Waals surface area (Å²) in [6.07, 6.45) is 2.11. The second-order valence-corrected chi connectivity index (χ2v) is 5.12. The molecule has 0 aromatic heterocycles. The molecule has 1 aromatic rings. The van der Waals surface area contributed by atoms with Crippen LogP contribution in [0.25, 0.3) is 0 Å². The number of carbonyl (C=O) groups excluding carboxylic acids is 1. The third-order valence-electron chi connectivity index (χ3n) is 2.54. The van der Waals surface area contributed by atoms with E-state index in [1.807, 2.05) is 30.0 Å². The summed E-state index contributed by atoms with van der Waals surface area (Å²) < 4.78 is 0. The van der Waals surface area contributed by atoms with Crippen molar-refractivity contribution in [1.29, 1.82) is 0 Å². The Balaban J connectivity index is 2.49. The third kappa shape index (κ3) is 4.79. The van der Waals surface area contributed by atoms with Gasteiger partial charge in [0.05, 0.1) is 0 Å². The van der Waals surface area contributed by atoms with Gasteiger partial charge in [-0.2, -0.15) is 11.8 Å². The fourth-order valence-corrected chi connectivity index (χ4v) is 2.40. The fourth-order valence-electron chi connectivity index (χ4n) is 1.71. The quantitative estimate of drug-likeness (QED) is 0.779. The van der Waals surface area contributed by atoms with Gasteiger partial charge >= 0.3 is 0 Å². The summed E-state index contributed by atoms with van der Waals surface area (Å²) in [6, 6.07) is 7.46. The van der Waals surface area contributed by atoms with Crippen LogP contribution in [0.3, 0.4) is 0 Å². The molecule has 3 N–H and O–H groups in total. The molecule has 17 heavy (non-hydrogen) atoms. The van der Waals surface area contributed by atoms with Crippen molar-refractivity contribution in [2.24, 2.45) is 11.7 Å². The normalized spacial score (nSPS) is 12.4. The van der Waals surface area contributed by atoms with Crippen LogP contribution in [0.4, 0.5) is 0 Å². The van der Waals surface area contributed by atoms with Gasteiger partial charge in [-0.1, -0.05) is 25.1 Å². The van der Waals surface area contributed by atoms with Crippen LogP contribution in [0.2, 0.25) is 0 Å². The summed E-state index contributed by atoms with van der Waals surface area (Å²) in [4.78, 5) is 11.2. The number of nitrogens with two attached hydrogens (primary N) is 1. The van der Waals surface area contributed by atoms with E-state index in [1.165, 1.54) is 0 Å². The van der Waals surface area contributed by atoms with Crippen LogP contribution in [-0.2, 0) is 6.54 Å². The largest absolute Gasteiger partial charge is 0.366 e. The average Bonchev–Trinajstić information content (AvgIpc) is 2.30. The number of primary amides is 1. The highest BCUT2D eigenvalue weighted by atomic mass is 32.2. The Bertz CT molecular complexity index is 368. The van der Waals surface area contributed by atoms with Gasteiger partial charge in [-0.15, -0.1) is 0 Å². The molecular weight excluding hydrogens is 232 g/mol. The maximum Gasteiger partial charge on any atom is 0.249 e. The lowest BCUT2D eigenvalue weighted by molar-refractivity contribution is 0.0999. The smallest absolute Gasteiger partial charge is 0.249 e. The zero-order valence-corrected chi connectivity index (χ0v) is 11.2. The molecule has 3 nitrogen and oxygen atoms in total. The van der Waals surface area contributed by atoms with E-state index >= 15 is 0 Å². The van der Waals surface area contributed by atoms with Gasteiger partial charge in [-0.05, 0) is 36.1 Å². The Kier molecular flexibility index (Phi) is 6.08. The summed E-state index contributed by atoms with van der Waals surface area (Å²) in [7, 11) is 0. The molecule has 4 heteroatoms. The minimum absolute atomic E-state index is 0.362. The van der Waals surface area contributed by atoms with E-state index < -0.39 is 0 Å². The maximum absolute atomic E-state index is 11.2. The molecule has 0 fully saturated rings. The minimum atomic E-state index is -0.362. The molecule has 0 radical (unpaired) electrons. The highest BCUT2D eigenvalue weighted by molar-refractivity contribution is 7.98. The minimum Gasteiger partial charge on any atom is -0.366 e.